The first-order valence-corrected chi connectivity index (χ1v) is 0. The second kappa shape index (κ2) is 39.2. The van der Waals surface area contributed by atoms with E-state index >= 15 is 0 Å². The topological polar surface area (TPSA) is 0 Å². The van der Waals surface area contributed by atoms with Gasteiger partial charge in [0.25, 0.3) is 0 Å². The molecule has 0 nitrogen and oxygen atoms in total. The first kappa shape index (κ1) is 56.3. The SMILES string of the molecule is [Cu].[Cu].[Cu].[Cu].[Cu].[Zr]. The third kappa shape index (κ3) is 25.9. The van der Waals surface area contributed by atoms with Gasteiger partial charge in [-0.15, -0.1) is 0 Å². The van der Waals surface area contributed by atoms with Crippen molar-refractivity contribution in [3.63, 3.8) is 0 Å². The summed E-state index contributed by atoms with van der Waals surface area (Å²) in [6.45, 7) is 0. The summed E-state index contributed by atoms with van der Waals surface area (Å²) in [5, 5.41) is 0. The number of hydrogen-bond donors (Lipinski definition) is 0. The van der Waals surface area contributed by atoms with Crippen LogP contribution in [0.3, 0.4) is 0 Å². The fraction of sp³-hybridized carbons (Fsp3) is 0. The second-order valence-electron chi connectivity index (χ2n) is 0. The molecule has 0 saturated heterocycles. The zero-order valence-corrected chi connectivity index (χ0v) is 9.17. The molecule has 0 aliphatic carbocycles. The summed E-state index contributed by atoms with van der Waals surface area (Å²) in [5.74, 6) is 0. The van der Waals surface area contributed by atoms with Crippen molar-refractivity contribution >= 4 is 0 Å². The molecule has 0 bridgehead atoms. The Hall–Kier alpha value is 3.48. The van der Waals surface area contributed by atoms with Gasteiger partial charge in [-0.25, -0.2) is 0 Å². The van der Waals surface area contributed by atoms with Crippen molar-refractivity contribution in [1.82, 2.24) is 0 Å². The van der Waals surface area contributed by atoms with E-state index < -0.39 is 0 Å². The first-order chi connectivity index (χ1) is 0. The van der Waals surface area contributed by atoms with Gasteiger partial charge in [0.1, 0.15) is 0 Å². The van der Waals surface area contributed by atoms with Gasteiger partial charge in [0.15, 0.2) is 0 Å². The molecule has 0 unspecified atom stereocenters. The van der Waals surface area contributed by atoms with Crippen molar-refractivity contribution in [1.29, 1.82) is 0 Å². The predicted molar refractivity (Wildman–Crippen MR) is 0 cm³/mol. The fourth-order valence-electron chi connectivity index (χ4n) is 0. The van der Waals surface area contributed by atoms with E-state index in [-0.39, 0.29) is 112 Å². The molecule has 0 rings (SSSR count). The molecule has 0 aliphatic rings. The maximum Gasteiger partial charge on any atom is 0 e. The van der Waals surface area contributed by atoms with Crippen LogP contribution in [-0.4, -0.2) is 0 Å². The first-order valence-electron chi connectivity index (χ1n) is 0. The van der Waals surface area contributed by atoms with Gasteiger partial charge in [-0.05, 0) is 0 Å². The van der Waals surface area contributed by atoms with Crippen LogP contribution < -0.4 is 0 Å². The van der Waals surface area contributed by atoms with Crippen LogP contribution in [0, 0.1) is 0 Å². The van der Waals surface area contributed by atoms with Crippen molar-refractivity contribution in [3.05, 3.63) is 0 Å². The Labute approximate surface area is 110 Å². The Bertz CT molecular complexity index is 3.90. The zero-order chi connectivity index (χ0) is 0. The molecule has 6 heteroatoms. The van der Waals surface area contributed by atoms with Crippen molar-refractivity contribution in [2.45, 2.75) is 0 Å². The zero-order valence-electron chi connectivity index (χ0n) is 2.01. The van der Waals surface area contributed by atoms with Crippen LogP contribution in [0.4, 0.5) is 0 Å². The van der Waals surface area contributed by atoms with Crippen LogP contribution in [0.5, 0.6) is 0 Å². The fourth-order valence-corrected chi connectivity index (χ4v) is 0. The molecule has 5 radical (unpaired) electrons. The van der Waals surface area contributed by atoms with Gasteiger partial charge in [0, 0.05) is 112 Å². The minimum atomic E-state index is 0. The van der Waals surface area contributed by atoms with Crippen LogP contribution in [0.15, 0.2) is 0 Å². The Kier molecular flexibility index (Phi) is 367. The summed E-state index contributed by atoms with van der Waals surface area (Å²) in [6.07, 6.45) is 0. The summed E-state index contributed by atoms with van der Waals surface area (Å²) in [5.41, 5.74) is 0. The molecule has 0 fully saturated rings. The summed E-state index contributed by atoms with van der Waals surface area (Å²) in [7, 11) is 0. The molecule has 0 saturated carbocycles. The average molecular weight is 409 g/mol. The number of hydrogen-bond acceptors (Lipinski definition) is 0. The maximum absolute atomic E-state index is 0. The van der Waals surface area contributed by atoms with E-state index in [1.165, 1.54) is 0 Å². The third-order valence-corrected chi connectivity index (χ3v) is 0. The van der Waals surface area contributed by atoms with Crippen molar-refractivity contribution in [2.24, 2.45) is 0 Å². The van der Waals surface area contributed by atoms with Crippen LogP contribution >= 0.6 is 0 Å². The quantitative estimate of drug-likeness (QED) is 0.494. The molecule has 0 aromatic heterocycles. The van der Waals surface area contributed by atoms with E-state index in [2.05, 4.69) is 0 Å². The van der Waals surface area contributed by atoms with Gasteiger partial charge in [-0.2, -0.15) is 0 Å². The number of rotatable bonds is 0. The molecule has 0 spiro atoms. The molecule has 0 aliphatic heterocycles. The van der Waals surface area contributed by atoms with Crippen molar-refractivity contribution in [3.8, 4) is 0 Å². The van der Waals surface area contributed by atoms with Crippen molar-refractivity contribution in [2.75, 3.05) is 0 Å². The average Bonchev–Trinajstić information content (AvgIpc) is 0. The van der Waals surface area contributed by atoms with E-state index in [0.717, 1.165) is 0 Å². The monoisotopic (exact) mass is 405 g/mol. The van der Waals surface area contributed by atoms with Gasteiger partial charge in [-0.1, -0.05) is 0 Å². The van der Waals surface area contributed by atoms with E-state index in [4.69, 9.17) is 0 Å². The molecule has 0 amide bonds. The largest absolute Gasteiger partial charge is 0 e. The van der Waals surface area contributed by atoms with Gasteiger partial charge >= 0.3 is 0 Å². The van der Waals surface area contributed by atoms with E-state index in [0.29, 0.717) is 0 Å². The Morgan fingerprint density at radius 1 is 0.333 bits per heavy atom. The van der Waals surface area contributed by atoms with Crippen molar-refractivity contribution < 1.29 is 112 Å². The predicted octanol–water partition coefficient (Wildman–Crippen LogP) is -0.0150. The molecule has 0 atom stereocenters. The molecule has 0 N–H and O–H groups in total. The minimum absolute atomic E-state index is 0. The summed E-state index contributed by atoms with van der Waals surface area (Å²) in [6, 6.07) is 0. The third-order valence-electron chi connectivity index (χ3n) is 0. The standard InChI is InChI=1S/5Cu.Zr. The van der Waals surface area contributed by atoms with Gasteiger partial charge in [0.2, 0.25) is 0 Å². The Morgan fingerprint density at radius 2 is 0.333 bits per heavy atom. The molecular formula is Cu5Zr. The van der Waals surface area contributed by atoms with Crippen LogP contribution in [0.2, 0.25) is 0 Å². The maximum atomic E-state index is 0. The Balaban J connectivity index is 0. The molecule has 0 heterocycles. The minimum Gasteiger partial charge on any atom is 0 e. The molecular weight excluding hydrogens is 409 g/mol. The van der Waals surface area contributed by atoms with E-state index in [1.54, 1.807) is 0 Å². The molecule has 59 valence electrons. The summed E-state index contributed by atoms with van der Waals surface area (Å²) >= 11 is 0. The molecule has 6 heavy (non-hydrogen) atoms. The summed E-state index contributed by atoms with van der Waals surface area (Å²) in [4.78, 5) is 0. The van der Waals surface area contributed by atoms with Crippen LogP contribution in [-0.2, 0) is 112 Å². The van der Waals surface area contributed by atoms with E-state index in [9.17, 15) is 0 Å². The normalized spacial score (nSPS) is 0. The van der Waals surface area contributed by atoms with Gasteiger partial charge in [-0.3, -0.25) is 0 Å². The summed E-state index contributed by atoms with van der Waals surface area (Å²) < 4.78 is 0. The second-order valence-corrected chi connectivity index (χ2v) is 0. The van der Waals surface area contributed by atoms with Gasteiger partial charge < -0.3 is 0 Å². The molecule has 0 aromatic carbocycles. The van der Waals surface area contributed by atoms with Gasteiger partial charge in [0.05, 0.1) is 0 Å². The van der Waals surface area contributed by atoms with Crippen LogP contribution in [0.1, 0.15) is 0 Å². The Morgan fingerprint density at radius 3 is 0.333 bits per heavy atom. The van der Waals surface area contributed by atoms with Crippen LogP contribution in [0.25, 0.3) is 0 Å². The molecule has 0 aromatic rings. The van der Waals surface area contributed by atoms with E-state index in [1.807, 2.05) is 0 Å². The smallest absolute Gasteiger partial charge is 0 e.